The maximum absolute atomic E-state index is 12.1. The van der Waals surface area contributed by atoms with Gasteiger partial charge in [-0.25, -0.2) is 0 Å². The second-order valence-corrected chi connectivity index (χ2v) is 6.29. The molecule has 2 rings (SSSR count). The average Bonchev–Trinajstić information content (AvgIpc) is 2.67. The zero-order valence-electron chi connectivity index (χ0n) is 15.7. The zero-order chi connectivity index (χ0) is 18.1. The van der Waals surface area contributed by atoms with Gasteiger partial charge in [-0.15, -0.1) is 0 Å². The van der Waals surface area contributed by atoms with Gasteiger partial charge in [0.05, 0.1) is 0 Å². The van der Waals surface area contributed by atoms with E-state index in [1.165, 1.54) is 16.8 Å². The third kappa shape index (κ3) is 5.93. The summed E-state index contributed by atoms with van der Waals surface area (Å²) in [6, 6.07) is 17.0. The number of carbonyl (C=O) groups is 1. The van der Waals surface area contributed by atoms with E-state index in [4.69, 9.17) is 0 Å². The molecule has 134 valence electrons. The van der Waals surface area contributed by atoms with Crippen molar-refractivity contribution in [1.82, 2.24) is 5.32 Å². The van der Waals surface area contributed by atoms with Gasteiger partial charge in [-0.1, -0.05) is 43.3 Å². The Morgan fingerprint density at radius 1 is 0.840 bits per heavy atom. The molecule has 2 aromatic rings. The van der Waals surface area contributed by atoms with E-state index in [0.717, 1.165) is 31.5 Å². The van der Waals surface area contributed by atoms with Crippen LogP contribution in [0.3, 0.4) is 0 Å². The second-order valence-electron chi connectivity index (χ2n) is 6.29. The number of aryl methyl sites for hydroxylation is 2. The monoisotopic (exact) mass is 338 g/mol. The standard InChI is InChI=1S/C22H30N2O/c1-4-18-7-9-19(10-8-18)13-16-22(25)23-17-20-11-14-21(15-12-20)24(5-2)6-3/h7-12,14-15H,4-6,13,16-17H2,1-3H3,(H,23,25). The van der Waals surface area contributed by atoms with E-state index in [0.29, 0.717) is 13.0 Å². The van der Waals surface area contributed by atoms with Crippen LogP contribution in [0.2, 0.25) is 0 Å². The third-order valence-electron chi connectivity index (χ3n) is 4.63. The Balaban J connectivity index is 1.77. The fourth-order valence-electron chi connectivity index (χ4n) is 2.90. The number of hydrogen-bond donors (Lipinski definition) is 1. The van der Waals surface area contributed by atoms with Crippen molar-refractivity contribution in [2.24, 2.45) is 0 Å². The first kappa shape index (κ1) is 19.0. The van der Waals surface area contributed by atoms with Crippen molar-refractivity contribution < 1.29 is 4.79 Å². The molecule has 0 aromatic heterocycles. The maximum atomic E-state index is 12.1. The first-order chi connectivity index (χ1) is 12.2. The molecular formula is C22H30N2O. The minimum absolute atomic E-state index is 0.104. The maximum Gasteiger partial charge on any atom is 0.220 e. The van der Waals surface area contributed by atoms with Gasteiger partial charge in [0, 0.05) is 31.7 Å². The molecule has 0 fully saturated rings. The van der Waals surface area contributed by atoms with Crippen LogP contribution < -0.4 is 10.2 Å². The predicted octanol–water partition coefficient (Wildman–Crippen LogP) is 4.34. The summed E-state index contributed by atoms with van der Waals surface area (Å²) in [6.07, 6.45) is 2.37. The number of amides is 1. The zero-order valence-corrected chi connectivity index (χ0v) is 15.7. The Hall–Kier alpha value is -2.29. The van der Waals surface area contributed by atoms with E-state index in [-0.39, 0.29) is 5.91 Å². The molecule has 0 heterocycles. The van der Waals surface area contributed by atoms with Gasteiger partial charge in [-0.05, 0) is 55.5 Å². The summed E-state index contributed by atoms with van der Waals surface area (Å²) in [7, 11) is 0. The molecule has 0 aliphatic carbocycles. The van der Waals surface area contributed by atoms with Gasteiger partial charge < -0.3 is 10.2 Å². The molecule has 1 amide bonds. The topological polar surface area (TPSA) is 32.3 Å². The van der Waals surface area contributed by atoms with Crippen LogP contribution in [-0.4, -0.2) is 19.0 Å². The van der Waals surface area contributed by atoms with Crippen molar-refractivity contribution in [3.63, 3.8) is 0 Å². The lowest BCUT2D eigenvalue weighted by Crippen LogP contribution is -2.23. The average molecular weight is 338 g/mol. The molecule has 0 aliphatic heterocycles. The van der Waals surface area contributed by atoms with E-state index >= 15 is 0 Å². The largest absolute Gasteiger partial charge is 0.372 e. The van der Waals surface area contributed by atoms with Crippen LogP contribution in [0.15, 0.2) is 48.5 Å². The summed E-state index contributed by atoms with van der Waals surface area (Å²) in [4.78, 5) is 14.4. The van der Waals surface area contributed by atoms with Gasteiger partial charge >= 0.3 is 0 Å². The van der Waals surface area contributed by atoms with Crippen molar-refractivity contribution in [2.45, 2.75) is 46.6 Å². The summed E-state index contributed by atoms with van der Waals surface area (Å²) >= 11 is 0. The molecule has 0 spiro atoms. The van der Waals surface area contributed by atoms with Crippen LogP contribution >= 0.6 is 0 Å². The van der Waals surface area contributed by atoms with Gasteiger partial charge in [0.1, 0.15) is 0 Å². The molecular weight excluding hydrogens is 308 g/mol. The summed E-state index contributed by atoms with van der Waals surface area (Å²) in [5.74, 6) is 0.104. The Bertz CT molecular complexity index is 643. The molecule has 3 nitrogen and oxygen atoms in total. The molecule has 0 bridgehead atoms. The SMILES string of the molecule is CCc1ccc(CCC(=O)NCc2ccc(N(CC)CC)cc2)cc1. The highest BCUT2D eigenvalue weighted by Gasteiger charge is 2.04. The highest BCUT2D eigenvalue weighted by atomic mass is 16.1. The molecule has 0 radical (unpaired) electrons. The number of anilines is 1. The van der Waals surface area contributed by atoms with Crippen molar-refractivity contribution >= 4 is 11.6 Å². The van der Waals surface area contributed by atoms with Crippen LogP contribution in [0.25, 0.3) is 0 Å². The summed E-state index contributed by atoms with van der Waals surface area (Å²) < 4.78 is 0. The number of carbonyl (C=O) groups excluding carboxylic acids is 1. The van der Waals surface area contributed by atoms with Crippen LogP contribution in [0.5, 0.6) is 0 Å². The second kappa shape index (κ2) is 9.87. The Kier molecular flexibility index (Phi) is 7.52. The van der Waals surface area contributed by atoms with Gasteiger partial charge in [0.2, 0.25) is 5.91 Å². The first-order valence-electron chi connectivity index (χ1n) is 9.34. The highest BCUT2D eigenvalue weighted by Crippen LogP contribution is 2.15. The normalized spacial score (nSPS) is 10.5. The van der Waals surface area contributed by atoms with E-state index in [9.17, 15) is 4.79 Å². The molecule has 3 heteroatoms. The molecule has 25 heavy (non-hydrogen) atoms. The Labute approximate surface area is 152 Å². The van der Waals surface area contributed by atoms with Crippen LogP contribution in [0.1, 0.15) is 43.9 Å². The van der Waals surface area contributed by atoms with E-state index in [1.807, 2.05) is 0 Å². The van der Waals surface area contributed by atoms with Gasteiger partial charge in [0.25, 0.3) is 0 Å². The number of nitrogens with one attached hydrogen (secondary N) is 1. The Morgan fingerprint density at radius 2 is 1.40 bits per heavy atom. The fourth-order valence-corrected chi connectivity index (χ4v) is 2.90. The molecule has 0 unspecified atom stereocenters. The molecule has 1 N–H and O–H groups in total. The van der Waals surface area contributed by atoms with E-state index in [2.05, 4.69) is 79.5 Å². The van der Waals surface area contributed by atoms with Crippen LogP contribution in [0.4, 0.5) is 5.69 Å². The molecule has 0 saturated carbocycles. The molecule has 0 saturated heterocycles. The van der Waals surface area contributed by atoms with Crippen LogP contribution in [0, 0.1) is 0 Å². The third-order valence-corrected chi connectivity index (χ3v) is 4.63. The fraction of sp³-hybridized carbons (Fsp3) is 0.409. The van der Waals surface area contributed by atoms with E-state index < -0.39 is 0 Å². The quantitative estimate of drug-likeness (QED) is 0.737. The van der Waals surface area contributed by atoms with Gasteiger partial charge in [-0.2, -0.15) is 0 Å². The van der Waals surface area contributed by atoms with Crippen molar-refractivity contribution in [2.75, 3.05) is 18.0 Å². The van der Waals surface area contributed by atoms with Gasteiger partial charge in [-0.3, -0.25) is 4.79 Å². The lowest BCUT2D eigenvalue weighted by atomic mass is 10.1. The van der Waals surface area contributed by atoms with Crippen molar-refractivity contribution in [1.29, 1.82) is 0 Å². The van der Waals surface area contributed by atoms with E-state index in [1.54, 1.807) is 0 Å². The lowest BCUT2D eigenvalue weighted by molar-refractivity contribution is -0.121. The number of rotatable bonds is 9. The Morgan fingerprint density at radius 3 is 1.96 bits per heavy atom. The highest BCUT2D eigenvalue weighted by molar-refractivity contribution is 5.76. The van der Waals surface area contributed by atoms with Gasteiger partial charge in [0.15, 0.2) is 0 Å². The van der Waals surface area contributed by atoms with Crippen molar-refractivity contribution in [3.05, 3.63) is 65.2 Å². The summed E-state index contributed by atoms with van der Waals surface area (Å²) in [5.41, 5.74) is 4.92. The number of nitrogens with zero attached hydrogens (tertiary/aromatic N) is 1. The van der Waals surface area contributed by atoms with Crippen molar-refractivity contribution in [3.8, 4) is 0 Å². The predicted molar refractivity (Wildman–Crippen MR) is 106 cm³/mol. The number of hydrogen-bond acceptors (Lipinski definition) is 2. The molecule has 2 aromatic carbocycles. The van der Waals surface area contributed by atoms with Crippen LogP contribution in [-0.2, 0) is 24.2 Å². The summed E-state index contributed by atoms with van der Waals surface area (Å²) in [6.45, 7) is 9.07. The first-order valence-corrected chi connectivity index (χ1v) is 9.34. The lowest BCUT2D eigenvalue weighted by Gasteiger charge is -2.21. The minimum atomic E-state index is 0.104. The number of benzene rings is 2. The minimum Gasteiger partial charge on any atom is -0.372 e. The molecule has 0 atom stereocenters. The molecule has 0 aliphatic rings. The summed E-state index contributed by atoms with van der Waals surface area (Å²) in [5, 5.41) is 3.02. The smallest absolute Gasteiger partial charge is 0.220 e.